The number of ketones is 2. The molecule has 0 aliphatic carbocycles. The number of hydrogen-bond donors (Lipinski definition) is 2. The summed E-state index contributed by atoms with van der Waals surface area (Å²) in [7, 11) is 0. The summed E-state index contributed by atoms with van der Waals surface area (Å²) in [6.45, 7) is 0.239. The fourth-order valence-corrected chi connectivity index (χ4v) is 4.10. The van der Waals surface area contributed by atoms with Crippen molar-refractivity contribution in [2.75, 3.05) is 6.54 Å². The number of carboxylic acid groups (broad SMARTS) is 1. The predicted molar refractivity (Wildman–Crippen MR) is 158 cm³/mol. The van der Waals surface area contributed by atoms with Gasteiger partial charge in [0, 0.05) is 28.8 Å². The zero-order valence-corrected chi connectivity index (χ0v) is 23.5. The van der Waals surface area contributed by atoms with E-state index in [2.05, 4.69) is 10.1 Å². The molecule has 2 N–H and O–H groups in total. The molecule has 230 valence electrons. The Morgan fingerprint density at radius 1 is 0.711 bits per heavy atom. The molecule has 4 rings (SSSR count). The lowest BCUT2D eigenvalue weighted by Crippen LogP contribution is -2.26. The molecule has 0 aromatic heterocycles. The molecule has 0 aliphatic rings. The highest BCUT2D eigenvalue weighted by atomic mass is 19.4. The van der Waals surface area contributed by atoms with Crippen LogP contribution >= 0.6 is 0 Å². The number of alkyl halides is 3. The largest absolute Gasteiger partial charge is 0.573 e. The molecule has 0 spiro atoms. The fourth-order valence-electron chi connectivity index (χ4n) is 4.10. The Labute approximate surface area is 255 Å². The molecule has 1 amide bonds. The SMILES string of the molecule is O=C(O)CCNC(=O)c1ccc(C(=O)C(=CC(=O)c2ccc(OC(F)(F)F)cc2)c2ccc(OCc3ccccc3)cc2)cc1. The normalized spacial score (nSPS) is 11.4. The number of nitrogens with one attached hydrogen (secondary N) is 1. The van der Waals surface area contributed by atoms with Gasteiger partial charge in [0.15, 0.2) is 11.6 Å². The van der Waals surface area contributed by atoms with Crippen molar-refractivity contribution >= 4 is 29.0 Å². The topological polar surface area (TPSA) is 119 Å². The third-order valence-corrected chi connectivity index (χ3v) is 6.34. The Morgan fingerprint density at radius 3 is 1.87 bits per heavy atom. The van der Waals surface area contributed by atoms with Crippen molar-refractivity contribution in [3.8, 4) is 11.5 Å². The van der Waals surface area contributed by atoms with Crippen LogP contribution in [0.1, 0.15) is 48.6 Å². The fraction of sp³-hybridized carbons (Fsp3) is 0.118. The van der Waals surface area contributed by atoms with E-state index in [0.29, 0.717) is 17.9 Å². The number of Topliss-reactive ketones (excluding diaryl/α,β-unsaturated/α-hetero) is 1. The lowest BCUT2D eigenvalue weighted by Gasteiger charge is -2.11. The van der Waals surface area contributed by atoms with E-state index < -0.39 is 35.6 Å². The van der Waals surface area contributed by atoms with Gasteiger partial charge in [-0.05, 0) is 65.7 Å². The molecule has 4 aromatic rings. The number of rotatable bonds is 13. The average Bonchev–Trinajstić information content (AvgIpc) is 3.02. The summed E-state index contributed by atoms with van der Waals surface area (Å²) >= 11 is 0. The summed E-state index contributed by atoms with van der Waals surface area (Å²) in [6, 6.07) is 25.8. The maximum Gasteiger partial charge on any atom is 0.573 e. The van der Waals surface area contributed by atoms with E-state index >= 15 is 0 Å². The Balaban J connectivity index is 1.59. The van der Waals surface area contributed by atoms with Crippen LogP contribution in [0.5, 0.6) is 11.5 Å². The van der Waals surface area contributed by atoms with Gasteiger partial charge in [0.25, 0.3) is 5.91 Å². The van der Waals surface area contributed by atoms with E-state index in [1.165, 1.54) is 24.3 Å². The highest BCUT2D eigenvalue weighted by Crippen LogP contribution is 2.26. The molecule has 0 aliphatic heterocycles. The number of allylic oxidation sites excluding steroid dienone is 2. The van der Waals surface area contributed by atoms with E-state index in [1.54, 1.807) is 24.3 Å². The molecule has 0 saturated heterocycles. The number of halogens is 3. The summed E-state index contributed by atoms with van der Waals surface area (Å²) in [6.07, 6.45) is -4.05. The molecule has 4 aromatic carbocycles. The van der Waals surface area contributed by atoms with Gasteiger partial charge in [-0.25, -0.2) is 0 Å². The van der Waals surface area contributed by atoms with Crippen LogP contribution in [-0.4, -0.2) is 41.5 Å². The van der Waals surface area contributed by atoms with Gasteiger partial charge in [-0.15, -0.1) is 13.2 Å². The first kappa shape index (κ1) is 32.2. The van der Waals surface area contributed by atoms with Crippen LogP contribution in [0.3, 0.4) is 0 Å². The highest BCUT2D eigenvalue weighted by molar-refractivity contribution is 6.32. The molecule has 0 fully saturated rings. The zero-order chi connectivity index (χ0) is 32.4. The Hall–Kier alpha value is -5.71. The lowest BCUT2D eigenvalue weighted by molar-refractivity contribution is -0.274. The highest BCUT2D eigenvalue weighted by Gasteiger charge is 2.31. The van der Waals surface area contributed by atoms with Crippen LogP contribution < -0.4 is 14.8 Å². The lowest BCUT2D eigenvalue weighted by atomic mass is 9.94. The number of carbonyl (C=O) groups excluding carboxylic acids is 3. The average molecular weight is 618 g/mol. The van der Waals surface area contributed by atoms with Crippen molar-refractivity contribution in [2.45, 2.75) is 19.4 Å². The molecule has 0 saturated carbocycles. The molecule has 8 nitrogen and oxygen atoms in total. The van der Waals surface area contributed by atoms with Crippen LogP contribution in [0, 0.1) is 0 Å². The van der Waals surface area contributed by atoms with Gasteiger partial charge in [0.1, 0.15) is 18.1 Å². The van der Waals surface area contributed by atoms with Crippen molar-refractivity contribution in [1.82, 2.24) is 5.32 Å². The van der Waals surface area contributed by atoms with E-state index in [0.717, 1.165) is 35.9 Å². The maximum atomic E-state index is 13.7. The van der Waals surface area contributed by atoms with E-state index in [9.17, 15) is 32.3 Å². The van der Waals surface area contributed by atoms with E-state index in [4.69, 9.17) is 9.84 Å². The van der Waals surface area contributed by atoms with Crippen molar-refractivity contribution in [3.63, 3.8) is 0 Å². The van der Waals surface area contributed by atoms with Crippen molar-refractivity contribution < 1.29 is 46.9 Å². The van der Waals surface area contributed by atoms with Crippen molar-refractivity contribution in [2.24, 2.45) is 0 Å². The quantitative estimate of drug-likeness (QED) is 0.130. The smallest absolute Gasteiger partial charge is 0.489 e. The standard InChI is InChI=1S/C34H26F3NO7/c35-34(36,37)45-28-16-12-24(13-17-28)30(39)20-29(23-10-14-27(15-11-23)44-21-22-4-2-1-3-5-22)32(42)25-6-8-26(9-7-25)33(43)38-19-18-31(40)41/h1-17,20H,18-19,21H2,(H,38,43)(H,40,41). The second kappa shape index (κ2) is 14.6. The molecule has 0 atom stereocenters. The molecular formula is C34H26F3NO7. The number of ether oxygens (including phenoxy) is 2. The summed E-state index contributed by atoms with van der Waals surface area (Å²) < 4.78 is 47.3. The van der Waals surface area contributed by atoms with Crippen LogP contribution in [0.15, 0.2) is 109 Å². The molecule has 0 radical (unpaired) electrons. The second-order valence-corrected chi connectivity index (χ2v) is 9.60. The zero-order valence-electron chi connectivity index (χ0n) is 23.5. The number of carboxylic acids is 1. The number of aliphatic carboxylic acids is 1. The van der Waals surface area contributed by atoms with E-state index in [1.807, 2.05) is 30.3 Å². The van der Waals surface area contributed by atoms with Gasteiger partial charge in [-0.3, -0.25) is 19.2 Å². The van der Waals surface area contributed by atoms with Crippen molar-refractivity contribution in [3.05, 3.63) is 137 Å². The summed E-state index contributed by atoms with van der Waals surface area (Å²) in [5.41, 5.74) is 1.67. The minimum Gasteiger partial charge on any atom is -0.489 e. The molecule has 0 unspecified atom stereocenters. The summed E-state index contributed by atoms with van der Waals surface area (Å²) in [5, 5.41) is 11.2. The van der Waals surface area contributed by atoms with Crippen molar-refractivity contribution in [1.29, 1.82) is 0 Å². The number of benzene rings is 4. The molecular weight excluding hydrogens is 591 g/mol. The minimum absolute atomic E-state index is 0.0103. The summed E-state index contributed by atoms with van der Waals surface area (Å²) in [4.78, 5) is 49.9. The van der Waals surface area contributed by atoms with E-state index in [-0.39, 0.29) is 35.2 Å². The first-order chi connectivity index (χ1) is 21.5. The van der Waals surface area contributed by atoms with Crippen LogP contribution in [0.2, 0.25) is 0 Å². The van der Waals surface area contributed by atoms with Gasteiger partial charge in [-0.2, -0.15) is 0 Å². The molecule has 11 heteroatoms. The first-order valence-electron chi connectivity index (χ1n) is 13.5. The Morgan fingerprint density at radius 2 is 1.27 bits per heavy atom. The van der Waals surface area contributed by atoms with Gasteiger partial charge in [0.05, 0.1) is 6.42 Å². The van der Waals surface area contributed by atoms with Crippen LogP contribution in [0.25, 0.3) is 5.57 Å². The maximum absolute atomic E-state index is 13.7. The minimum atomic E-state index is -4.89. The van der Waals surface area contributed by atoms with Crippen LogP contribution in [-0.2, 0) is 11.4 Å². The van der Waals surface area contributed by atoms with Gasteiger partial charge >= 0.3 is 12.3 Å². The molecule has 0 heterocycles. The Bertz CT molecular complexity index is 1680. The van der Waals surface area contributed by atoms with Gasteiger partial charge in [0.2, 0.25) is 0 Å². The number of carbonyl (C=O) groups is 4. The first-order valence-corrected chi connectivity index (χ1v) is 13.5. The molecule has 0 bridgehead atoms. The Kier molecular flexibility index (Phi) is 10.5. The van der Waals surface area contributed by atoms with Gasteiger partial charge < -0.3 is 19.9 Å². The number of hydrogen-bond acceptors (Lipinski definition) is 6. The second-order valence-electron chi connectivity index (χ2n) is 9.60. The number of amides is 1. The predicted octanol–water partition coefficient (Wildman–Crippen LogP) is 6.52. The third kappa shape index (κ3) is 9.65. The molecule has 45 heavy (non-hydrogen) atoms. The van der Waals surface area contributed by atoms with Crippen LogP contribution in [0.4, 0.5) is 13.2 Å². The third-order valence-electron chi connectivity index (χ3n) is 6.34. The monoisotopic (exact) mass is 617 g/mol. The summed E-state index contributed by atoms with van der Waals surface area (Å²) in [5.74, 6) is -2.78. The van der Waals surface area contributed by atoms with Gasteiger partial charge in [-0.1, -0.05) is 54.6 Å².